The van der Waals surface area contributed by atoms with Gasteiger partial charge >= 0.3 is 0 Å². The van der Waals surface area contributed by atoms with Crippen molar-refractivity contribution in [3.05, 3.63) is 58.9 Å². The van der Waals surface area contributed by atoms with E-state index in [2.05, 4.69) is 5.32 Å². The lowest BCUT2D eigenvalue weighted by Crippen LogP contribution is -2.29. The molecule has 0 aliphatic carbocycles. The first-order valence-corrected chi connectivity index (χ1v) is 7.44. The predicted octanol–water partition coefficient (Wildman–Crippen LogP) is 3.23. The van der Waals surface area contributed by atoms with Gasteiger partial charge in [0.15, 0.2) is 11.6 Å². The molecule has 6 heteroatoms. The summed E-state index contributed by atoms with van der Waals surface area (Å²) >= 11 is 5.77. The van der Waals surface area contributed by atoms with Crippen molar-refractivity contribution in [3.8, 4) is 11.5 Å². The summed E-state index contributed by atoms with van der Waals surface area (Å²) in [4.78, 5) is 11.8. The van der Waals surface area contributed by atoms with Gasteiger partial charge in [-0.15, -0.1) is 0 Å². The van der Waals surface area contributed by atoms with Crippen molar-refractivity contribution in [2.45, 2.75) is 6.42 Å². The fourth-order valence-corrected chi connectivity index (χ4v) is 2.08. The van der Waals surface area contributed by atoms with Crippen molar-refractivity contribution in [3.63, 3.8) is 0 Å². The van der Waals surface area contributed by atoms with Crippen molar-refractivity contribution in [2.75, 3.05) is 20.3 Å². The Hall–Kier alpha value is -2.27. The third-order valence-electron chi connectivity index (χ3n) is 3.09. The first-order valence-electron chi connectivity index (χ1n) is 7.06. The van der Waals surface area contributed by atoms with E-state index in [1.165, 1.54) is 19.2 Å². The van der Waals surface area contributed by atoms with Crippen molar-refractivity contribution in [2.24, 2.45) is 0 Å². The lowest BCUT2D eigenvalue weighted by atomic mass is 10.1. The Morgan fingerprint density at radius 2 is 1.96 bits per heavy atom. The third-order valence-corrected chi connectivity index (χ3v) is 3.34. The summed E-state index contributed by atoms with van der Waals surface area (Å²) in [5, 5.41) is 3.35. The SMILES string of the molecule is COc1ccc(CC(=O)NCCOc2ccc(Cl)cc2)cc1F. The molecule has 122 valence electrons. The van der Waals surface area contributed by atoms with Crippen LogP contribution in [0.5, 0.6) is 11.5 Å². The fourth-order valence-electron chi connectivity index (χ4n) is 1.96. The van der Waals surface area contributed by atoms with E-state index in [1.807, 2.05) is 0 Å². The number of halogens is 2. The molecule has 0 atom stereocenters. The molecule has 0 aromatic heterocycles. The zero-order valence-electron chi connectivity index (χ0n) is 12.6. The molecule has 0 heterocycles. The average Bonchev–Trinajstić information content (AvgIpc) is 2.53. The summed E-state index contributed by atoms with van der Waals surface area (Å²) in [6, 6.07) is 11.4. The lowest BCUT2D eigenvalue weighted by Gasteiger charge is -2.08. The van der Waals surface area contributed by atoms with Gasteiger partial charge in [0, 0.05) is 5.02 Å². The summed E-state index contributed by atoms with van der Waals surface area (Å²) in [5.74, 6) is 0.157. The van der Waals surface area contributed by atoms with Crippen molar-refractivity contribution in [1.29, 1.82) is 0 Å². The van der Waals surface area contributed by atoms with Crippen LogP contribution in [0.25, 0.3) is 0 Å². The van der Waals surface area contributed by atoms with E-state index >= 15 is 0 Å². The number of carbonyl (C=O) groups excluding carboxylic acids is 1. The molecule has 4 nitrogen and oxygen atoms in total. The van der Waals surface area contributed by atoms with Crippen LogP contribution >= 0.6 is 11.6 Å². The Kier molecular flexibility index (Phi) is 6.23. The maximum atomic E-state index is 13.5. The molecule has 1 amide bonds. The second kappa shape index (κ2) is 8.39. The maximum absolute atomic E-state index is 13.5. The highest BCUT2D eigenvalue weighted by atomic mass is 35.5. The van der Waals surface area contributed by atoms with Crippen molar-refractivity contribution >= 4 is 17.5 Å². The van der Waals surface area contributed by atoms with Crippen LogP contribution in [0.3, 0.4) is 0 Å². The van der Waals surface area contributed by atoms with E-state index in [9.17, 15) is 9.18 Å². The first kappa shape index (κ1) is 17.1. The van der Waals surface area contributed by atoms with Crippen LogP contribution in [0.4, 0.5) is 4.39 Å². The number of rotatable bonds is 7. The van der Waals surface area contributed by atoms with E-state index in [0.29, 0.717) is 29.5 Å². The van der Waals surface area contributed by atoms with Crippen molar-refractivity contribution in [1.82, 2.24) is 5.32 Å². The molecular weight excluding hydrogens is 321 g/mol. The topological polar surface area (TPSA) is 47.6 Å². The summed E-state index contributed by atoms with van der Waals surface area (Å²) < 4.78 is 23.8. The molecular formula is C17H17ClFNO3. The minimum Gasteiger partial charge on any atom is -0.494 e. The Morgan fingerprint density at radius 3 is 2.61 bits per heavy atom. The zero-order chi connectivity index (χ0) is 16.7. The molecule has 0 aliphatic rings. The predicted molar refractivity (Wildman–Crippen MR) is 86.6 cm³/mol. The number of nitrogens with one attached hydrogen (secondary N) is 1. The van der Waals surface area contributed by atoms with Gasteiger partial charge in [-0.2, -0.15) is 0 Å². The average molecular weight is 338 g/mol. The van der Waals surface area contributed by atoms with E-state index < -0.39 is 5.82 Å². The van der Waals surface area contributed by atoms with Crippen LogP contribution in [0.15, 0.2) is 42.5 Å². The Bertz CT molecular complexity index is 661. The second-order valence-corrected chi connectivity index (χ2v) is 5.23. The monoisotopic (exact) mass is 337 g/mol. The van der Waals surface area contributed by atoms with Gasteiger partial charge in [0.05, 0.1) is 20.1 Å². The van der Waals surface area contributed by atoms with E-state index in [1.54, 1.807) is 30.3 Å². The first-order chi connectivity index (χ1) is 11.1. The number of hydrogen-bond acceptors (Lipinski definition) is 3. The number of benzene rings is 2. The minimum absolute atomic E-state index is 0.0991. The van der Waals surface area contributed by atoms with E-state index in [4.69, 9.17) is 21.1 Å². The molecule has 2 aromatic rings. The highest BCUT2D eigenvalue weighted by Gasteiger charge is 2.07. The van der Waals surface area contributed by atoms with Crippen LogP contribution in [-0.4, -0.2) is 26.2 Å². The number of amides is 1. The number of hydrogen-bond donors (Lipinski definition) is 1. The van der Waals surface area contributed by atoms with Gasteiger partial charge in [-0.1, -0.05) is 17.7 Å². The molecule has 0 saturated carbocycles. The zero-order valence-corrected chi connectivity index (χ0v) is 13.4. The maximum Gasteiger partial charge on any atom is 0.224 e. The van der Waals surface area contributed by atoms with Crippen LogP contribution < -0.4 is 14.8 Å². The normalized spacial score (nSPS) is 10.2. The van der Waals surface area contributed by atoms with Gasteiger partial charge in [0.2, 0.25) is 5.91 Å². The molecule has 2 aromatic carbocycles. The lowest BCUT2D eigenvalue weighted by molar-refractivity contribution is -0.120. The highest BCUT2D eigenvalue weighted by Crippen LogP contribution is 2.18. The minimum atomic E-state index is -0.483. The molecule has 0 fully saturated rings. The van der Waals surface area contributed by atoms with E-state index in [0.717, 1.165) is 0 Å². The molecule has 0 saturated heterocycles. The Morgan fingerprint density at radius 1 is 1.22 bits per heavy atom. The number of carbonyl (C=O) groups is 1. The molecule has 0 bridgehead atoms. The van der Waals surface area contributed by atoms with Gasteiger partial charge < -0.3 is 14.8 Å². The highest BCUT2D eigenvalue weighted by molar-refractivity contribution is 6.30. The van der Waals surface area contributed by atoms with Crippen LogP contribution in [0, 0.1) is 5.82 Å². The summed E-state index contributed by atoms with van der Waals surface area (Å²) in [6.07, 6.45) is 0.0991. The summed E-state index contributed by atoms with van der Waals surface area (Å²) in [5.41, 5.74) is 0.583. The molecule has 0 unspecified atom stereocenters. The largest absolute Gasteiger partial charge is 0.494 e. The number of ether oxygens (including phenoxy) is 2. The van der Waals surface area contributed by atoms with Gasteiger partial charge in [0.1, 0.15) is 12.4 Å². The molecule has 0 spiro atoms. The molecule has 23 heavy (non-hydrogen) atoms. The standard InChI is InChI=1S/C17H17ClFNO3/c1-22-16-7-2-12(10-15(16)19)11-17(21)20-8-9-23-14-5-3-13(18)4-6-14/h2-7,10H,8-9,11H2,1H3,(H,20,21). The quantitative estimate of drug-likeness (QED) is 0.789. The van der Waals surface area contributed by atoms with Crippen LogP contribution in [-0.2, 0) is 11.2 Å². The Labute approximate surface area is 139 Å². The number of methoxy groups -OCH3 is 1. The second-order valence-electron chi connectivity index (χ2n) is 4.80. The molecule has 2 rings (SSSR count). The van der Waals surface area contributed by atoms with Gasteiger partial charge in [-0.3, -0.25) is 4.79 Å². The van der Waals surface area contributed by atoms with Gasteiger partial charge in [-0.25, -0.2) is 4.39 Å². The third kappa shape index (κ3) is 5.45. The van der Waals surface area contributed by atoms with E-state index in [-0.39, 0.29) is 18.1 Å². The fraction of sp³-hybridized carbons (Fsp3) is 0.235. The molecule has 0 radical (unpaired) electrons. The molecule has 1 N–H and O–H groups in total. The summed E-state index contributed by atoms with van der Waals surface area (Å²) in [6.45, 7) is 0.699. The Balaban J connectivity index is 1.72. The van der Waals surface area contributed by atoms with Gasteiger partial charge in [-0.05, 0) is 42.0 Å². The van der Waals surface area contributed by atoms with Crippen LogP contribution in [0.2, 0.25) is 5.02 Å². The van der Waals surface area contributed by atoms with Gasteiger partial charge in [0.25, 0.3) is 0 Å². The van der Waals surface area contributed by atoms with Crippen LogP contribution in [0.1, 0.15) is 5.56 Å². The smallest absolute Gasteiger partial charge is 0.224 e. The summed E-state index contributed by atoms with van der Waals surface area (Å²) in [7, 11) is 1.39. The molecule has 0 aliphatic heterocycles. The van der Waals surface area contributed by atoms with Crippen molar-refractivity contribution < 1.29 is 18.7 Å².